The molecule has 1 aliphatic heterocycles. The minimum atomic E-state index is 0.647. The molecule has 0 unspecified atom stereocenters. The third kappa shape index (κ3) is 3.70. The Balaban J connectivity index is 1.29. The lowest BCUT2D eigenvalue weighted by molar-refractivity contribution is 0.486. The summed E-state index contributed by atoms with van der Waals surface area (Å²) in [6, 6.07) is 43.0. The van der Waals surface area contributed by atoms with Crippen LogP contribution in [0, 0.1) is 0 Å². The van der Waals surface area contributed by atoms with Gasteiger partial charge in [0, 0.05) is 32.8 Å². The summed E-state index contributed by atoms with van der Waals surface area (Å²) in [5.41, 5.74) is 11.2. The molecular formula is C44H28N4O. The zero-order valence-electron chi connectivity index (χ0n) is 26.5. The number of benzene rings is 6. The fourth-order valence-corrected chi connectivity index (χ4v) is 8.16. The topological polar surface area (TPSA) is 44.9 Å². The van der Waals surface area contributed by atoms with E-state index in [1.807, 2.05) is 30.3 Å². The van der Waals surface area contributed by atoms with Crippen molar-refractivity contribution in [1.82, 2.24) is 19.1 Å². The molecule has 0 fully saturated rings. The van der Waals surface area contributed by atoms with Crippen molar-refractivity contribution in [2.24, 2.45) is 0 Å². The van der Waals surface area contributed by atoms with Crippen LogP contribution in [-0.4, -0.2) is 19.1 Å². The summed E-state index contributed by atoms with van der Waals surface area (Å²) in [5, 5.41) is 5.69. The fourth-order valence-electron chi connectivity index (χ4n) is 8.16. The van der Waals surface area contributed by atoms with Crippen LogP contribution in [0.25, 0.3) is 77.4 Å². The lowest BCUT2D eigenvalue weighted by atomic mass is 9.97. The SMILES string of the molecule is C1=CCc2cccc(-n3c4ccccc4c4c3ccc3c5ccccc5n(-c5nc6c7c(cccc7n5)Oc5ccccc5-6)c34)c2CC=C1. The zero-order valence-corrected chi connectivity index (χ0v) is 26.5. The Morgan fingerprint density at radius 3 is 2.20 bits per heavy atom. The molecule has 4 heterocycles. The molecule has 0 amide bonds. The Morgan fingerprint density at radius 1 is 0.531 bits per heavy atom. The Kier molecular flexibility index (Phi) is 5.44. The highest BCUT2D eigenvalue weighted by Crippen LogP contribution is 2.47. The van der Waals surface area contributed by atoms with E-state index in [4.69, 9.17) is 14.7 Å². The Bertz CT molecular complexity index is 2920. The summed E-state index contributed by atoms with van der Waals surface area (Å²) in [7, 11) is 0. The predicted octanol–water partition coefficient (Wildman–Crippen LogP) is 10.8. The van der Waals surface area contributed by atoms with Crippen molar-refractivity contribution < 1.29 is 4.74 Å². The number of para-hydroxylation sites is 3. The van der Waals surface area contributed by atoms with E-state index in [1.54, 1.807) is 0 Å². The van der Waals surface area contributed by atoms with Crippen LogP contribution < -0.4 is 4.74 Å². The lowest BCUT2D eigenvalue weighted by Crippen LogP contribution is -2.06. The van der Waals surface area contributed by atoms with Gasteiger partial charge in [0.15, 0.2) is 0 Å². The molecule has 6 aromatic carbocycles. The zero-order chi connectivity index (χ0) is 32.1. The predicted molar refractivity (Wildman–Crippen MR) is 199 cm³/mol. The Labute approximate surface area is 281 Å². The van der Waals surface area contributed by atoms with Crippen LogP contribution in [0.2, 0.25) is 0 Å². The van der Waals surface area contributed by atoms with Gasteiger partial charge in [-0.15, -0.1) is 0 Å². The molecule has 0 bridgehead atoms. The number of ether oxygens (including phenoxy) is 1. The average Bonchev–Trinajstić information content (AvgIpc) is 3.65. The highest BCUT2D eigenvalue weighted by Gasteiger charge is 2.26. The van der Waals surface area contributed by atoms with Crippen LogP contribution in [0.15, 0.2) is 146 Å². The first-order chi connectivity index (χ1) is 24.3. The van der Waals surface area contributed by atoms with Gasteiger partial charge in [-0.05, 0) is 72.5 Å². The van der Waals surface area contributed by atoms with Crippen molar-refractivity contribution in [3.05, 3.63) is 157 Å². The Hall–Kier alpha value is -6.46. The van der Waals surface area contributed by atoms with E-state index >= 15 is 0 Å². The highest BCUT2D eigenvalue weighted by atomic mass is 16.5. The maximum atomic E-state index is 6.33. The van der Waals surface area contributed by atoms with Crippen LogP contribution in [0.5, 0.6) is 11.5 Å². The summed E-state index contributed by atoms with van der Waals surface area (Å²) in [6.07, 6.45) is 10.6. The Morgan fingerprint density at radius 2 is 1.29 bits per heavy atom. The first kappa shape index (κ1) is 26.6. The van der Waals surface area contributed by atoms with E-state index in [1.165, 1.54) is 43.9 Å². The van der Waals surface area contributed by atoms with E-state index in [0.29, 0.717) is 5.95 Å². The number of hydrogen-bond donors (Lipinski definition) is 0. The summed E-state index contributed by atoms with van der Waals surface area (Å²) >= 11 is 0. The van der Waals surface area contributed by atoms with Crippen LogP contribution >= 0.6 is 0 Å². The highest BCUT2D eigenvalue weighted by molar-refractivity contribution is 6.26. The van der Waals surface area contributed by atoms with Gasteiger partial charge in [-0.2, -0.15) is 0 Å². The van der Waals surface area contributed by atoms with Crippen LogP contribution in [-0.2, 0) is 12.8 Å². The molecule has 230 valence electrons. The standard InChI is InChI=1S/C44H28N4O/c1-2-4-15-28-27(13-3-1)14-11-22-34(28)47-36-21-9-6-17-31(36)40-37(47)26-25-30-29-16-5-8-20-35(29)48(43(30)40)44-45-33-19-12-24-39-41(33)42(46-44)32-18-7-10-23-38(32)49-39/h1-12,14,16-26H,13,15H2. The maximum absolute atomic E-state index is 6.33. The lowest BCUT2D eigenvalue weighted by Gasteiger charge is -2.21. The molecule has 1 aliphatic carbocycles. The second kappa shape index (κ2) is 10.0. The molecule has 5 heteroatoms. The van der Waals surface area contributed by atoms with Crippen molar-refractivity contribution >= 4 is 54.5 Å². The number of hydrogen-bond acceptors (Lipinski definition) is 3. The third-order valence-corrected chi connectivity index (χ3v) is 10.2. The quantitative estimate of drug-likeness (QED) is 0.191. The van der Waals surface area contributed by atoms with Crippen LogP contribution in [0.1, 0.15) is 11.1 Å². The number of nitrogens with zero attached hydrogens (tertiary/aromatic N) is 4. The molecule has 0 saturated carbocycles. The van der Waals surface area contributed by atoms with Crippen molar-refractivity contribution in [2.45, 2.75) is 12.8 Å². The first-order valence-corrected chi connectivity index (χ1v) is 16.8. The number of rotatable bonds is 2. The molecule has 9 aromatic rings. The normalized spacial score (nSPS) is 13.6. The van der Waals surface area contributed by atoms with E-state index < -0.39 is 0 Å². The number of fused-ring (bicyclic) bond motifs is 10. The van der Waals surface area contributed by atoms with E-state index in [2.05, 4.69) is 124 Å². The van der Waals surface area contributed by atoms with Crippen LogP contribution in [0.3, 0.4) is 0 Å². The third-order valence-electron chi connectivity index (χ3n) is 10.2. The van der Waals surface area contributed by atoms with Gasteiger partial charge in [0.2, 0.25) is 5.95 Å². The van der Waals surface area contributed by atoms with Gasteiger partial charge < -0.3 is 9.30 Å². The van der Waals surface area contributed by atoms with Crippen molar-refractivity contribution in [3.8, 4) is 34.4 Å². The van der Waals surface area contributed by atoms with Gasteiger partial charge in [0.1, 0.15) is 11.5 Å². The smallest absolute Gasteiger partial charge is 0.235 e. The molecule has 5 nitrogen and oxygen atoms in total. The van der Waals surface area contributed by atoms with Crippen molar-refractivity contribution in [2.75, 3.05) is 0 Å². The minimum absolute atomic E-state index is 0.647. The van der Waals surface area contributed by atoms with Crippen molar-refractivity contribution in [3.63, 3.8) is 0 Å². The first-order valence-electron chi connectivity index (χ1n) is 16.8. The van der Waals surface area contributed by atoms with Gasteiger partial charge in [-0.1, -0.05) is 97.1 Å². The van der Waals surface area contributed by atoms with Gasteiger partial charge in [0.05, 0.1) is 38.7 Å². The van der Waals surface area contributed by atoms with Gasteiger partial charge in [0.25, 0.3) is 0 Å². The summed E-state index contributed by atoms with van der Waals surface area (Å²) in [6.45, 7) is 0. The second-order valence-electron chi connectivity index (χ2n) is 12.9. The molecule has 0 radical (unpaired) electrons. The van der Waals surface area contributed by atoms with Crippen LogP contribution in [0.4, 0.5) is 0 Å². The summed E-state index contributed by atoms with van der Waals surface area (Å²) < 4.78 is 11.1. The molecular weight excluding hydrogens is 601 g/mol. The largest absolute Gasteiger partial charge is 0.456 e. The summed E-state index contributed by atoms with van der Waals surface area (Å²) in [5.74, 6) is 2.24. The maximum Gasteiger partial charge on any atom is 0.235 e. The molecule has 11 rings (SSSR count). The molecule has 2 aliphatic rings. The molecule has 0 saturated heterocycles. The van der Waals surface area contributed by atoms with E-state index in [0.717, 1.165) is 63.1 Å². The minimum Gasteiger partial charge on any atom is -0.456 e. The van der Waals surface area contributed by atoms with E-state index in [9.17, 15) is 0 Å². The fraction of sp³-hybridized carbons (Fsp3) is 0.0455. The number of aromatic nitrogens is 4. The molecule has 0 atom stereocenters. The molecule has 0 spiro atoms. The van der Waals surface area contributed by atoms with E-state index in [-0.39, 0.29) is 0 Å². The summed E-state index contributed by atoms with van der Waals surface area (Å²) in [4.78, 5) is 10.7. The van der Waals surface area contributed by atoms with Crippen molar-refractivity contribution in [1.29, 1.82) is 0 Å². The second-order valence-corrected chi connectivity index (χ2v) is 12.9. The van der Waals surface area contributed by atoms with Gasteiger partial charge >= 0.3 is 0 Å². The number of allylic oxidation sites excluding steroid dienone is 4. The monoisotopic (exact) mass is 628 g/mol. The molecule has 3 aromatic heterocycles. The molecule has 49 heavy (non-hydrogen) atoms. The van der Waals surface area contributed by atoms with Gasteiger partial charge in [-0.3, -0.25) is 4.57 Å². The average molecular weight is 629 g/mol. The van der Waals surface area contributed by atoms with Gasteiger partial charge in [-0.25, -0.2) is 9.97 Å². The molecule has 0 N–H and O–H groups in total.